The molecule has 0 N–H and O–H groups in total. The third-order valence-electron chi connectivity index (χ3n) is 2.58. The topological polar surface area (TPSA) is 33.2 Å². The van der Waals surface area contributed by atoms with Gasteiger partial charge in [-0.15, -0.1) is 0 Å². The molecule has 0 aliphatic carbocycles. The lowest BCUT2D eigenvalue weighted by atomic mass is 10.1. The van der Waals surface area contributed by atoms with Crippen molar-refractivity contribution in [1.82, 2.24) is 4.98 Å². The number of hydrogen-bond donors (Lipinski definition) is 0. The van der Waals surface area contributed by atoms with Crippen LogP contribution >= 0.6 is 0 Å². The SMILES string of the molecule is CC1=CCCN(c2ncccc2C=O)C1. The maximum atomic E-state index is 10.9. The predicted molar refractivity (Wildman–Crippen MR) is 60.2 cm³/mol. The first kappa shape index (κ1) is 9.90. The molecule has 0 unspecified atom stereocenters. The molecule has 1 aromatic rings. The van der Waals surface area contributed by atoms with E-state index in [4.69, 9.17) is 0 Å². The molecular formula is C12H14N2O. The Kier molecular flexibility index (Phi) is 2.81. The maximum Gasteiger partial charge on any atom is 0.153 e. The average Bonchev–Trinajstić information content (AvgIpc) is 2.29. The van der Waals surface area contributed by atoms with Crippen molar-refractivity contribution in [2.45, 2.75) is 13.3 Å². The number of pyridine rings is 1. The van der Waals surface area contributed by atoms with Gasteiger partial charge in [-0.1, -0.05) is 11.6 Å². The highest BCUT2D eigenvalue weighted by Gasteiger charge is 2.14. The summed E-state index contributed by atoms with van der Waals surface area (Å²) in [5.74, 6) is 0.806. The minimum Gasteiger partial charge on any atom is -0.352 e. The van der Waals surface area contributed by atoms with Gasteiger partial charge in [0.1, 0.15) is 5.82 Å². The lowest BCUT2D eigenvalue weighted by Crippen LogP contribution is -2.30. The van der Waals surface area contributed by atoms with Gasteiger partial charge >= 0.3 is 0 Å². The van der Waals surface area contributed by atoms with Gasteiger partial charge in [0, 0.05) is 19.3 Å². The number of nitrogens with zero attached hydrogens (tertiary/aromatic N) is 2. The fourth-order valence-corrected chi connectivity index (χ4v) is 1.86. The van der Waals surface area contributed by atoms with Gasteiger partial charge in [0.2, 0.25) is 0 Å². The van der Waals surface area contributed by atoms with Crippen molar-refractivity contribution in [2.75, 3.05) is 18.0 Å². The number of carbonyl (C=O) groups excluding carboxylic acids is 1. The van der Waals surface area contributed by atoms with Gasteiger partial charge in [-0.25, -0.2) is 4.98 Å². The minimum absolute atomic E-state index is 0.673. The van der Waals surface area contributed by atoms with E-state index in [0.717, 1.165) is 31.6 Å². The summed E-state index contributed by atoms with van der Waals surface area (Å²) in [6, 6.07) is 3.60. The quantitative estimate of drug-likeness (QED) is 0.543. The Morgan fingerprint density at radius 2 is 2.40 bits per heavy atom. The number of anilines is 1. The predicted octanol–water partition coefficient (Wildman–Crippen LogP) is 2.05. The zero-order chi connectivity index (χ0) is 10.7. The van der Waals surface area contributed by atoms with Gasteiger partial charge in [-0.3, -0.25) is 4.79 Å². The Hall–Kier alpha value is -1.64. The Labute approximate surface area is 89.4 Å². The van der Waals surface area contributed by atoms with Crippen LogP contribution < -0.4 is 4.90 Å². The van der Waals surface area contributed by atoms with Crippen LogP contribution in [0.4, 0.5) is 5.82 Å². The van der Waals surface area contributed by atoms with E-state index in [1.165, 1.54) is 5.57 Å². The second kappa shape index (κ2) is 4.26. The van der Waals surface area contributed by atoms with E-state index in [0.29, 0.717) is 5.56 Å². The van der Waals surface area contributed by atoms with Crippen LogP contribution in [0.25, 0.3) is 0 Å². The standard InChI is InChI=1S/C12H14N2O/c1-10-4-3-7-14(8-10)12-11(9-15)5-2-6-13-12/h2,4-6,9H,3,7-8H2,1H3. The third kappa shape index (κ3) is 2.06. The number of rotatable bonds is 2. The van der Waals surface area contributed by atoms with Crippen LogP contribution in [0.5, 0.6) is 0 Å². The van der Waals surface area contributed by atoms with E-state index in [-0.39, 0.29) is 0 Å². The molecule has 2 heterocycles. The molecule has 0 saturated heterocycles. The fourth-order valence-electron chi connectivity index (χ4n) is 1.86. The van der Waals surface area contributed by atoms with Crippen LogP contribution in [0, 0.1) is 0 Å². The lowest BCUT2D eigenvalue weighted by molar-refractivity contribution is 0.112. The molecule has 1 aromatic heterocycles. The lowest BCUT2D eigenvalue weighted by Gasteiger charge is -2.27. The molecular weight excluding hydrogens is 188 g/mol. The van der Waals surface area contributed by atoms with E-state index in [9.17, 15) is 4.79 Å². The minimum atomic E-state index is 0.673. The average molecular weight is 202 g/mol. The molecule has 78 valence electrons. The summed E-state index contributed by atoms with van der Waals surface area (Å²) < 4.78 is 0. The molecule has 0 saturated carbocycles. The van der Waals surface area contributed by atoms with E-state index >= 15 is 0 Å². The smallest absolute Gasteiger partial charge is 0.153 e. The van der Waals surface area contributed by atoms with Gasteiger partial charge in [0.15, 0.2) is 6.29 Å². The maximum absolute atomic E-state index is 10.9. The number of hydrogen-bond acceptors (Lipinski definition) is 3. The summed E-state index contributed by atoms with van der Waals surface area (Å²) >= 11 is 0. The van der Waals surface area contributed by atoms with E-state index in [1.54, 1.807) is 12.3 Å². The monoisotopic (exact) mass is 202 g/mol. The molecule has 15 heavy (non-hydrogen) atoms. The Morgan fingerprint density at radius 1 is 1.53 bits per heavy atom. The first-order valence-corrected chi connectivity index (χ1v) is 5.12. The van der Waals surface area contributed by atoms with Crippen molar-refractivity contribution in [1.29, 1.82) is 0 Å². The highest BCUT2D eigenvalue weighted by molar-refractivity contribution is 5.82. The molecule has 2 rings (SSSR count). The zero-order valence-electron chi connectivity index (χ0n) is 8.81. The second-order valence-corrected chi connectivity index (χ2v) is 3.79. The van der Waals surface area contributed by atoms with Crippen LogP contribution in [0.2, 0.25) is 0 Å². The first-order chi connectivity index (χ1) is 7.31. The second-order valence-electron chi connectivity index (χ2n) is 3.79. The highest BCUT2D eigenvalue weighted by Crippen LogP contribution is 2.19. The zero-order valence-corrected chi connectivity index (χ0v) is 8.81. The molecule has 0 fully saturated rings. The van der Waals surface area contributed by atoms with Gasteiger partial charge < -0.3 is 4.90 Å². The highest BCUT2D eigenvalue weighted by atomic mass is 16.1. The summed E-state index contributed by atoms with van der Waals surface area (Å²) in [4.78, 5) is 17.3. The van der Waals surface area contributed by atoms with Crippen LogP contribution in [-0.4, -0.2) is 24.4 Å². The van der Waals surface area contributed by atoms with Crippen molar-refractivity contribution in [2.24, 2.45) is 0 Å². The Balaban J connectivity index is 2.29. The number of aromatic nitrogens is 1. The van der Waals surface area contributed by atoms with Gasteiger partial charge in [0.05, 0.1) is 5.56 Å². The summed E-state index contributed by atoms with van der Waals surface area (Å²) in [5, 5.41) is 0. The summed E-state index contributed by atoms with van der Waals surface area (Å²) in [5.41, 5.74) is 2.01. The Bertz CT molecular complexity index is 398. The van der Waals surface area contributed by atoms with E-state index in [1.807, 2.05) is 6.07 Å². The molecule has 1 aliphatic heterocycles. The molecule has 3 heteroatoms. The van der Waals surface area contributed by atoms with Gasteiger partial charge in [-0.05, 0) is 25.5 Å². The first-order valence-electron chi connectivity index (χ1n) is 5.12. The van der Waals surface area contributed by atoms with Crippen LogP contribution in [-0.2, 0) is 0 Å². The fraction of sp³-hybridized carbons (Fsp3) is 0.333. The molecule has 0 spiro atoms. The molecule has 1 aliphatic rings. The summed E-state index contributed by atoms with van der Waals surface area (Å²) in [6.07, 6.45) is 5.87. The number of carbonyl (C=O) groups is 1. The van der Waals surface area contributed by atoms with Crippen molar-refractivity contribution in [3.63, 3.8) is 0 Å². The van der Waals surface area contributed by atoms with Crippen LogP contribution in [0.15, 0.2) is 30.0 Å². The molecule has 0 bridgehead atoms. The van der Waals surface area contributed by atoms with Crippen molar-refractivity contribution in [3.05, 3.63) is 35.5 Å². The normalized spacial score (nSPS) is 16.1. The molecule has 0 amide bonds. The van der Waals surface area contributed by atoms with Crippen LogP contribution in [0.3, 0.4) is 0 Å². The molecule has 0 radical (unpaired) electrons. The molecule has 0 atom stereocenters. The molecule has 3 nitrogen and oxygen atoms in total. The van der Waals surface area contributed by atoms with E-state index in [2.05, 4.69) is 22.9 Å². The number of aldehydes is 1. The van der Waals surface area contributed by atoms with Gasteiger partial charge in [0.25, 0.3) is 0 Å². The summed E-state index contributed by atoms with van der Waals surface area (Å²) in [6.45, 7) is 3.92. The Morgan fingerprint density at radius 3 is 3.13 bits per heavy atom. The largest absolute Gasteiger partial charge is 0.352 e. The summed E-state index contributed by atoms with van der Waals surface area (Å²) in [7, 11) is 0. The third-order valence-corrected chi connectivity index (χ3v) is 2.58. The molecule has 0 aromatic carbocycles. The van der Waals surface area contributed by atoms with Gasteiger partial charge in [-0.2, -0.15) is 0 Å². The van der Waals surface area contributed by atoms with Crippen LogP contribution in [0.1, 0.15) is 23.7 Å². The van der Waals surface area contributed by atoms with Crippen molar-refractivity contribution >= 4 is 12.1 Å². The van der Waals surface area contributed by atoms with Crippen molar-refractivity contribution < 1.29 is 4.79 Å². The van der Waals surface area contributed by atoms with E-state index < -0.39 is 0 Å². The van der Waals surface area contributed by atoms with Crippen molar-refractivity contribution in [3.8, 4) is 0 Å².